The molecule has 1 fully saturated rings. The summed E-state index contributed by atoms with van der Waals surface area (Å²) in [6, 6.07) is 15.8. The third-order valence-electron chi connectivity index (χ3n) is 4.58. The summed E-state index contributed by atoms with van der Waals surface area (Å²) in [5.41, 5.74) is 3.21. The van der Waals surface area contributed by atoms with E-state index in [9.17, 15) is 9.59 Å². The number of thiocarbonyl (C=S) groups is 1. The van der Waals surface area contributed by atoms with E-state index >= 15 is 0 Å². The molecule has 1 saturated heterocycles. The molecule has 1 heterocycles. The fraction of sp³-hybridized carbons (Fsp3) is 0.292. The summed E-state index contributed by atoms with van der Waals surface area (Å²) in [4.78, 5) is 26.4. The molecule has 1 aliphatic heterocycles. The number of benzene rings is 2. The van der Waals surface area contributed by atoms with E-state index in [2.05, 4.69) is 31.2 Å². The number of nitrogens with zero attached hydrogens (tertiary/aromatic N) is 1. The fourth-order valence-electron chi connectivity index (χ4n) is 2.85. The first-order chi connectivity index (χ1) is 15.0. The number of hydrogen-bond donors (Lipinski definition) is 0. The monoisotopic (exact) mass is 455 g/mol. The lowest BCUT2D eigenvalue weighted by Crippen LogP contribution is -2.30. The number of carbonyl (C=O) groups excluding carboxylic acids is 2. The average Bonchev–Trinajstić information content (AvgIpc) is 3.03. The molecule has 0 aromatic heterocycles. The van der Waals surface area contributed by atoms with Gasteiger partial charge >= 0.3 is 5.97 Å². The van der Waals surface area contributed by atoms with Crippen molar-refractivity contribution in [2.75, 3.05) is 13.2 Å². The van der Waals surface area contributed by atoms with Crippen molar-refractivity contribution in [3.05, 3.63) is 70.1 Å². The normalized spacial score (nSPS) is 14.9. The van der Waals surface area contributed by atoms with Gasteiger partial charge in [0.15, 0.2) is 0 Å². The maximum absolute atomic E-state index is 12.7. The van der Waals surface area contributed by atoms with Gasteiger partial charge in [0.25, 0.3) is 5.91 Å². The van der Waals surface area contributed by atoms with Gasteiger partial charge in [-0.3, -0.25) is 14.5 Å². The molecule has 0 unspecified atom stereocenters. The van der Waals surface area contributed by atoms with Gasteiger partial charge < -0.3 is 9.47 Å². The highest BCUT2D eigenvalue weighted by Crippen LogP contribution is 2.32. The van der Waals surface area contributed by atoms with Crippen molar-refractivity contribution in [2.45, 2.75) is 33.3 Å². The van der Waals surface area contributed by atoms with Crippen LogP contribution in [0.4, 0.5) is 0 Å². The SMILES string of the molecule is CCCOC(=O)CCN1C(=O)/C(=C/c2ccc(OCc3ccc(C)cc3)cc2)SC1=S. The fourth-order valence-corrected chi connectivity index (χ4v) is 4.16. The lowest BCUT2D eigenvalue weighted by molar-refractivity contribution is -0.143. The molecule has 0 atom stereocenters. The van der Waals surface area contributed by atoms with Crippen LogP contribution in [0.3, 0.4) is 0 Å². The predicted octanol–water partition coefficient (Wildman–Crippen LogP) is 5.12. The van der Waals surface area contributed by atoms with Crippen LogP contribution in [0.15, 0.2) is 53.4 Å². The Morgan fingerprint density at radius 1 is 1.13 bits per heavy atom. The van der Waals surface area contributed by atoms with E-state index in [1.165, 1.54) is 22.2 Å². The second kappa shape index (κ2) is 11.1. The highest BCUT2D eigenvalue weighted by Gasteiger charge is 2.32. The van der Waals surface area contributed by atoms with Gasteiger partial charge in [-0.25, -0.2) is 0 Å². The zero-order valence-electron chi connectivity index (χ0n) is 17.6. The molecule has 2 aromatic rings. The minimum atomic E-state index is -0.318. The van der Waals surface area contributed by atoms with Crippen molar-refractivity contribution in [1.82, 2.24) is 4.90 Å². The molecule has 3 rings (SSSR count). The molecule has 0 bridgehead atoms. The molecular formula is C24H25NO4S2. The van der Waals surface area contributed by atoms with E-state index in [4.69, 9.17) is 21.7 Å². The highest BCUT2D eigenvalue weighted by atomic mass is 32.2. The van der Waals surface area contributed by atoms with Crippen molar-refractivity contribution in [3.8, 4) is 5.75 Å². The minimum absolute atomic E-state index is 0.132. The van der Waals surface area contributed by atoms with Crippen molar-refractivity contribution < 1.29 is 19.1 Å². The summed E-state index contributed by atoms with van der Waals surface area (Å²) in [6.45, 7) is 5.11. The number of ether oxygens (including phenoxy) is 2. The van der Waals surface area contributed by atoms with Gasteiger partial charge in [-0.05, 0) is 42.7 Å². The molecule has 1 aliphatic rings. The van der Waals surface area contributed by atoms with E-state index in [0.717, 1.165) is 23.3 Å². The summed E-state index contributed by atoms with van der Waals surface area (Å²) in [7, 11) is 0. The molecule has 2 aromatic carbocycles. The lowest BCUT2D eigenvalue weighted by atomic mass is 10.1. The van der Waals surface area contributed by atoms with Crippen LogP contribution in [-0.4, -0.2) is 34.2 Å². The molecule has 0 N–H and O–H groups in total. The number of esters is 1. The van der Waals surface area contributed by atoms with Gasteiger partial charge in [0, 0.05) is 6.54 Å². The van der Waals surface area contributed by atoms with Crippen LogP contribution in [-0.2, 0) is 20.9 Å². The van der Waals surface area contributed by atoms with E-state index < -0.39 is 0 Å². The van der Waals surface area contributed by atoms with Crippen molar-refractivity contribution in [1.29, 1.82) is 0 Å². The molecule has 0 saturated carbocycles. The molecule has 5 nitrogen and oxygen atoms in total. The first-order valence-electron chi connectivity index (χ1n) is 10.2. The molecule has 0 spiro atoms. The molecule has 7 heteroatoms. The zero-order valence-corrected chi connectivity index (χ0v) is 19.3. The first kappa shape index (κ1) is 23.0. The Bertz CT molecular complexity index is 968. The van der Waals surface area contributed by atoms with Crippen LogP contribution in [0, 0.1) is 6.92 Å². The van der Waals surface area contributed by atoms with Gasteiger partial charge in [-0.2, -0.15) is 0 Å². The Kier molecular flexibility index (Phi) is 8.26. The van der Waals surface area contributed by atoms with E-state index in [1.54, 1.807) is 6.08 Å². The number of rotatable bonds is 9. The second-order valence-electron chi connectivity index (χ2n) is 7.15. The Morgan fingerprint density at radius 2 is 1.84 bits per heavy atom. The van der Waals surface area contributed by atoms with Crippen molar-refractivity contribution >= 4 is 46.3 Å². The van der Waals surface area contributed by atoms with Crippen LogP contribution < -0.4 is 4.74 Å². The first-order valence-corrected chi connectivity index (χ1v) is 11.4. The molecule has 162 valence electrons. The third-order valence-corrected chi connectivity index (χ3v) is 5.96. The smallest absolute Gasteiger partial charge is 0.307 e. The predicted molar refractivity (Wildman–Crippen MR) is 128 cm³/mol. The Hall–Kier alpha value is -2.64. The largest absolute Gasteiger partial charge is 0.489 e. The van der Waals surface area contributed by atoms with Crippen molar-refractivity contribution in [3.63, 3.8) is 0 Å². The Labute approximate surface area is 192 Å². The highest BCUT2D eigenvalue weighted by molar-refractivity contribution is 8.26. The quantitative estimate of drug-likeness (QED) is 0.297. The summed E-state index contributed by atoms with van der Waals surface area (Å²) in [6.07, 6.45) is 2.70. The minimum Gasteiger partial charge on any atom is -0.489 e. The number of hydrogen-bond acceptors (Lipinski definition) is 6. The molecule has 31 heavy (non-hydrogen) atoms. The number of carbonyl (C=O) groups is 2. The van der Waals surface area contributed by atoms with E-state index in [0.29, 0.717) is 22.4 Å². The second-order valence-corrected chi connectivity index (χ2v) is 8.82. The topological polar surface area (TPSA) is 55.8 Å². The molecule has 0 radical (unpaired) electrons. The maximum atomic E-state index is 12.7. The van der Waals surface area contributed by atoms with Crippen LogP contribution >= 0.6 is 24.0 Å². The van der Waals surface area contributed by atoms with Gasteiger partial charge in [0.2, 0.25) is 0 Å². The Morgan fingerprint density at radius 3 is 2.52 bits per heavy atom. The summed E-state index contributed by atoms with van der Waals surface area (Å²) < 4.78 is 11.3. The standard InChI is InChI=1S/C24H25NO4S2/c1-3-14-28-22(26)12-13-25-23(27)21(31-24(25)30)15-18-8-10-20(11-9-18)29-16-19-6-4-17(2)5-7-19/h4-11,15H,3,12-14,16H2,1-2H3/b21-15-. The Balaban J connectivity index is 1.56. The number of aryl methyl sites for hydroxylation is 1. The van der Waals surface area contributed by atoms with Crippen LogP contribution in [0.1, 0.15) is 36.5 Å². The maximum Gasteiger partial charge on any atom is 0.307 e. The number of thioether (sulfide) groups is 1. The van der Waals surface area contributed by atoms with E-state index in [1.807, 2.05) is 31.2 Å². The van der Waals surface area contributed by atoms with Crippen LogP contribution in [0.25, 0.3) is 6.08 Å². The number of amides is 1. The summed E-state index contributed by atoms with van der Waals surface area (Å²) >= 11 is 6.56. The van der Waals surface area contributed by atoms with Crippen molar-refractivity contribution in [2.24, 2.45) is 0 Å². The van der Waals surface area contributed by atoms with Gasteiger partial charge in [-0.1, -0.05) is 72.9 Å². The summed E-state index contributed by atoms with van der Waals surface area (Å²) in [5, 5.41) is 0. The van der Waals surface area contributed by atoms with Crippen LogP contribution in [0.2, 0.25) is 0 Å². The van der Waals surface area contributed by atoms with Gasteiger partial charge in [0.05, 0.1) is 17.9 Å². The molecule has 0 aliphatic carbocycles. The molecular weight excluding hydrogens is 430 g/mol. The summed E-state index contributed by atoms with van der Waals surface area (Å²) in [5.74, 6) is 0.259. The van der Waals surface area contributed by atoms with Gasteiger partial charge in [-0.15, -0.1) is 0 Å². The lowest BCUT2D eigenvalue weighted by Gasteiger charge is -2.13. The van der Waals surface area contributed by atoms with E-state index in [-0.39, 0.29) is 24.8 Å². The average molecular weight is 456 g/mol. The zero-order chi connectivity index (χ0) is 22.2. The van der Waals surface area contributed by atoms with Gasteiger partial charge in [0.1, 0.15) is 16.7 Å². The molecule has 1 amide bonds. The third kappa shape index (κ3) is 6.67. The van der Waals surface area contributed by atoms with Crippen LogP contribution in [0.5, 0.6) is 5.75 Å².